The zero-order valence-electron chi connectivity index (χ0n) is 8.13. The minimum absolute atomic E-state index is 0.682. The highest BCUT2D eigenvalue weighted by Crippen LogP contribution is 2.21. The van der Waals surface area contributed by atoms with Gasteiger partial charge in [0, 0.05) is 22.3 Å². The normalized spacial score (nSPS) is 10.1. The van der Waals surface area contributed by atoms with E-state index in [0.717, 1.165) is 11.9 Å². The predicted molar refractivity (Wildman–Crippen MR) is 57.7 cm³/mol. The van der Waals surface area contributed by atoms with E-state index in [1.807, 2.05) is 0 Å². The molecule has 0 fully saturated rings. The molecule has 0 radical (unpaired) electrons. The highest BCUT2D eigenvalue weighted by molar-refractivity contribution is 7.97. The van der Waals surface area contributed by atoms with Crippen LogP contribution < -0.4 is 0 Å². The van der Waals surface area contributed by atoms with Gasteiger partial charge in [-0.05, 0) is 37.5 Å². The van der Waals surface area contributed by atoms with Crippen LogP contribution in [0.15, 0.2) is 16.7 Å². The summed E-state index contributed by atoms with van der Waals surface area (Å²) in [6, 6.07) is 4.27. The van der Waals surface area contributed by atoms with E-state index in [2.05, 4.69) is 37.5 Å². The van der Waals surface area contributed by atoms with Crippen molar-refractivity contribution in [3.63, 3.8) is 0 Å². The fourth-order valence-corrected chi connectivity index (χ4v) is 2.17. The Morgan fingerprint density at radius 2 is 1.77 bits per heavy atom. The molecule has 0 aliphatic heterocycles. The molecule has 1 aromatic carbocycles. The van der Waals surface area contributed by atoms with Crippen LogP contribution in [0.2, 0.25) is 0 Å². The van der Waals surface area contributed by atoms with Gasteiger partial charge in [-0.1, -0.05) is 17.7 Å². The molecule has 1 aromatic rings. The van der Waals surface area contributed by atoms with E-state index < -0.39 is 0 Å². The Hall–Kier alpha value is -0.830. The molecule has 0 unspecified atom stereocenters. The molecular weight excluding hydrogens is 182 g/mol. The maximum absolute atomic E-state index is 9.98. The summed E-state index contributed by atoms with van der Waals surface area (Å²) in [7, 11) is 0. The van der Waals surface area contributed by atoms with E-state index in [4.69, 9.17) is 0 Å². The summed E-state index contributed by atoms with van der Waals surface area (Å²) in [5, 5.41) is 0. The van der Waals surface area contributed by atoms with Crippen LogP contribution in [0.25, 0.3) is 0 Å². The molecule has 0 heterocycles. The van der Waals surface area contributed by atoms with Crippen LogP contribution in [0.3, 0.4) is 0 Å². The number of nitroso groups, excluding NO2 is 1. The largest absolute Gasteiger partial charge is 0.137 e. The van der Waals surface area contributed by atoms with Crippen molar-refractivity contribution < 1.29 is 0 Å². The maximum atomic E-state index is 9.98. The van der Waals surface area contributed by atoms with E-state index in [9.17, 15) is 4.91 Å². The van der Waals surface area contributed by atoms with Crippen LogP contribution in [0.1, 0.15) is 22.3 Å². The van der Waals surface area contributed by atoms with Gasteiger partial charge >= 0.3 is 0 Å². The molecule has 2 nitrogen and oxygen atoms in total. The topological polar surface area (TPSA) is 29.4 Å². The van der Waals surface area contributed by atoms with Crippen LogP contribution >= 0.6 is 11.9 Å². The lowest BCUT2D eigenvalue weighted by atomic mass is 10.0. The van der Waals surface area contributed by atoms with Gasteiger partial charge in [-0.3, -0.25) is 0 Å². The van der Waals surface area contributed by atoms with Crippen LogP contribution in [0, 0.1) is 25.7 Å². The molecular formula is C10H13NOS. The molecule has 0 atom stereocenters. The van der Waals surface area contributed by atoms with E-state index in [1.54, 1.807) is 0 Å². The minimum Gasteiger partial charge on any atom is -0.137 e. The monoisotopic (exact) mass is 195 g/mol. The zero-order valence-corrected chi connectivity index (χ0v) is 8.94. The Morgan fingerprint density at radius 3 is 2.23 bits per heavy atom. The third-order valence-electron chi connectivity index (χ3n) is 2.10. The number of hydrogen-bond acceptors (Lipinski definition) is 3. The lowest BCUT2D eigenvalue weighted by Gasteiger charge is -2.08. The van der Waals surface area contributed by atoms with Gasteiger partial charge in [-0.15, -0.1) is 4.91 Å². The van der Waals surface area contributed by atoms with Crippen LogP contribution in [-0.2, 0) is 5.75 Å². The summed E-state index contributed by atoms with van der Waals surface area (Å²) in [6.07, 6.45) is 0. The number of hydrogen-bond donors (Lipinski definition) is 0. The van der Waals surface area contributed by atoms with Crippen LogP contribution in [0.4, 0.5) is 0 Å². The average Bonchev–Trinajstić information content (AvgIpc) is 2.02. The third-order valence-corrected chi connectivity index (χ3v) is 2.63. The summed E-state index contributed by atoms with van der Waals surface area (Å²) < 4.78 is 2.80. The second-order valence-corrected chi connectivity index (χ2v) is 3.92. The van der Waals surface area contributed by atoms with Gasteiger partial charge in [0.25, 0.3) is 0 Å². The average molecular weight is 195 g/mol. The van der Waals surface area contributed by atoms with Crippen molar-refractivity contribution in [1.29, 1.82) is 0 Å². The predicted octanol–water partition coefficient (Wildman–Crippen LogP) is 3.53. The lowest BCUT2D eigenvalue weighted by molar-refractivity contribution is 1.21. The molecule has 13 heavy (non-hydrogen) atoms. The molecule has 0 amide bonds. The fourth-order valence-electron chi connectivity index (χ4n) is 1.53. The van der Waals surface area contributed by atoms with E-state index in [-0.39, 0.29) is 0 Å². The lowest BCUT2D eigenvalue weighted by Crippen LogP contribution is -1.92. The second-order valence-electron chi connectivity index (χ2n) is 3.23. The van der Waals surface area contributed by atoms with Gasteiger partial charge < -0.3 is 0 Å². The fraction of sp³-hybridized carbons (Fsp3) is 0.400. The van der Waals surface area contributed by atoms with Gasteiger partial charge in [0.1, 0.15) is 0 Å². The Labute approximate surface area is 82.8 Å². The molecule has 0 N–H and O–H groups in total. The molecule has 0 aliphatic carbocycles. The summed E-state index contributed by atoms with van der Waals surface area (Å²) in [6.45, 7) is 6.22. The highest BCUT2D eigenvalue weighted by Gasteiger charge is 2.03. The number of rotatable bonds is 3. The number of nitrogens with zero attached hydrogens (tertiary/aromatic N) is 1. The number of aryl methyl sites for hydroxylation is 3. The minimum atomic E-state index is 0.682. The van der Waals surface area contributed by atoms with Crippen molar-refractivity contribution in [3.8, 4) is 0 Å². The van der Waals surface area contributed by atoms with Crippen LogP contribution in [0.5, 0.6) is 0 Å². The van der Waals surface area contributed by atoms with Gasteiger partial charge in [0.2, 0.25) is 0 Å². The zero-order chi connectivity index (χ0) is 9.84. The first kappa shape index (κ1) is 10.3. The van der Waals surface area contributed by atoms with Gasteiger partial charge in [-0.25, -0.2) is 0 Å². The SMILES string of the molecule is Cc1cc(C)c(CSN=O)c(C)c1. The Balaban J connectivity index is 2.98. The molecule has 70 valence electrons. The molecule has 0 aromatic heterocycles. The number of benzene rings is 1. The first-order chi connectivity index (χ1) is 6.15. The summed E-state index contributed by atoms with van der Waals surface area (Å²) >= 11 is 1.06. The van der Waals surface area contributed by atoms with E-state index in [1.165, 1.54) is 22.3 Å². The maximum Gasteiger partial charge on any atom is 0.0443 e. The van der Waals surface area contributed by atoms with Gasteiger partial charge in [-0.2, -0.15) is 0 Å². The molecule has 0 spiro atoms. The van der Waals surface area contributed by atoms with Crippen molar-refractivity contribution >= 4 is 11.9 Å². The van der Waals surface area contributed by atoms with Crippen LogP contribution in [-0.4, -0.2) is 0 Å². The van der Waals surface area contributed by atoms with Gasteiger partial charge in [0.15, 0.2) is 0 Å². The Bertz CT molecular complexity index is 300. The van der Waals surface area contributed by atoms with E-state index in [0.29, 0.717) is 5.75 Å². The first-order valence-electron chi connectivity index (χ1n) is 4.16. The third kappa shape index (κ3) is 2.56. The Morgan fingerprint density at radius 1 is 1.23 bits per heavy atom. The molecule has 0 bridgehead atoms. The molecule has 0 saturated heterocycles. The van der Waals surface area contributed by atoms with E-state index >= 15 is 0 Å². The van der Waals surface area contributed by atoms with Crippen molar-refractivity contribution in [2.75, 3.05) is 0 Å². The van der Waals surface area contributed by atoms with Crippen molar-refractivity contribution in [3.05, 3.63) is 39.3 Å². The van der Waals surface area contributed by atoms with Crippen molar-refractivity contribution in [2.24, 2.45) is 4.58 Å². The summed E-state index contributed by atoms with van der Waals surface area (Å²) in [4.78, 5) is 9.98. The smallest absolute Gasteiger partial charge is 0.0443 e. The molecule has 1 rings (SSSR count). The molecule has 0 saturated carbocycles. The molecule has 3 heteroatoms. The van der Waals surface area contributed by atoms with Crippen molar-refractivity contribution in [1.82, 2.24) is 0 Å². The highest BCUT2D eigenvalue weighted by atomic mass is 32.2. The standard InChI is InChI=1S/C10H13NOS/c1-7-4-8(2)10(6-13-11-12)9(3)5-7/h4-5H,6H2,1-3H3. The van der Waals surface area contributed by atoms with Crippen molar-refractivity contribution in [2.45, 2.75) is 26.5 Å². The Kier molecular flexibility index (Phi) is 3.48. The second kappa shape index (κ2) is 4.42. The first-order valence-corrected chi connectivity index (χ1v) is 5.10. The summed E-state index contributed by atoms with van der Waals surface area (Å²) in [5.74, 6) is 0.682. The molecule has 0 aliphatic rings. The van der Waals surface area contributed by atoms with Gasteiger partial charge in [0.05, 0.1) is 0 Å². The quantitative estimate of drug-likeness (QED) is 0.545. The summed E-state index contributed by atoms with van der Waals surface area (Å²) in [5.41, 5.74) is 4.99.